The molecule has 40 valence electrons. The van der Waals surface area contributed by atoms with Crippen LogP contribution in [0.5, 0.6) is 0 Å². The standard InChI is InChI=1S/C3H9NS2.K.H/c1-6(2)3(4)5;;/h6H,1-2H3,(H2,4,5);;. The molecule has 0 amide bonds. The third kappa shape index (κ3) is 7.88. The molecule has 7 heavy (non-hydrogen) atoms. The van der Waals surface area contributed by atoms with Crippen molar-refractivity contribution in [3.63, 3.8) is 0 Å². The van der Waals surface area contributed by atoms with Crippen LogP contribution in [0.25, 0.3) is 0 Å². The predicted molar refractivity (Wildman–Crippen MR) is 44.8 cm³/mol. The number of hydrogen-bond donors (Lipinski definition) is 2. The van der Waals surface area contributed by atoms with Crippen LogP contribution in [-0.2, 0) is 0 Å². The summed E-state index contributed by atoms with van der Waals surface area (Å²) in [5, 5.41) is 0. The van der Waals surface area contributed by atoms with E-state index in [9.17, 15) is 0 Å². The molecule has 0 aliphatic carbocycles. The van der Waals surface area contributed by atoms with E-state index in [4.69, 9.17) is 5.73 Å². The van der Waals surface area contributed by atoms with Crippen LogP contribution in [-0.4, -0.2) is 68.2 Å². The van der Waals surface area contributed by atoms with Crippen molar-refractivity contribution in [3.05, 3.63) is 0 Å². The van der Waals surface area contributed by atoms with E-state index >= 15 is 0 Å². The van der Waals surface area contributed by atoms with Crippen LogP contribution in [0.4, 0.5) is 0 Å². The van der Waals surface area contributed by atoms with Gasteiger partial charge in [0.25, 0.3) is 0 Å². The molecule has 2 N–H and O–H groups in total. The van der Waals surface area contributed by atoms with Gasteiger partial charge in [-0.2, -0.15) is 0 Å². The Balaban J connectivity index is 0. The Hall–Kier alpha value is 1.88. The minimum atomic E-state index is -0.150. The van der Waals surface area contributed by atoms with E-state index < -0.39 is 0 Å². The number of nitrogens with two attached hydrogens (primary N) is 1. The predicted octanol–water partition coefficient (Wildman–Crippen LogP) is -0.158. The molecule has 0 aromatic rings. The summed E-state index contributed by atoms with van der Waals surface area (Å²) in [7, 11) is -0.150. The van der Waals surface area contributed by atoms with Crippen molar-refractivity contribution in [1.29, 1.82) is 0 Å². The number of hydrogen-bond acceptors (Lipinski definition) is 1. The van der Waals surface area contributed by atoms with Gasteiger partial charge in [-0.25, -0.2) is 10.9 Å². The molecule has 0 spiro atoms. The van der Waals surface area contributed by atoms with Gasteiger partial charge in [0, 0.05) is 0 Å². The third-order valence-electron chi connectivity index (χ3n) is 0.441. The van der Waals surface area contributed by atoms with Crippen molar-refractivity contribution in [1.82, 2.24) is 0 Å². The summed E-state index contributed by atoms with van der Waals surface area (Å²) < 4.78 is 0.657. The molecule has 1 nitrogen and oxygen atoms in total. The van der Waals surface area contributed by atoms with Crippen molar-refractivity contribution < 1.29 is 0 Å². The number of thiocarbonyl (C=S) groups is 1. The Bertz CT molecular complexity index is 64.0. The Morgan fingerprint density at radius 3 is 1.71 bits per heavy atom. The van der Waals surface area contributed by atoms with Gasteiger partial charge in [0.05, 0.1) is 0 Å². The molecule has 0 saturated carbocycles. The number of rotatable bonds is 0. The van der Waals surface area contributed by atoms with E-state index in [1.807, 2.05) is 12.5 Å². The Morgan fingerprint density at radius 2 is 1.71 bits per heavy atom. The van der Waals surface area contributed by atoms with Gasteiger partial charge in [0.1, 0.15) is 4.32 Å². The van der Waals surface area contributed by atoms with Crippen LogP contribution in [0.15, 0.2) is 0 Å². The molecule has 4 heteroatoms. The molecule has 0 saturated heterocycles. The molecule has 0 rings (SSSR count). The summed E-state index contributed by atoms with van der Waals surface area (Å²) in [5.41, 5.74) is 5.20. The Morgan fingerprint density at radius 1 is 1.57 bits per heavy atom. The summed E-state index contributed by atoms with van der Waals surface area (Å²) in [6.45, 7) is 0. The first-order valence-corrected chi connectivity index (χ1v) is 4.26. The Kier molecular flexibility index (Phi) is 9.99. The molecule has 0 aromatic carbocycles. The van der Waals surface area contributed by atoms with E-state index in [1.54, 1.807) is 0 Å². The fourth-order valence-corrected chi connectivity index (χ4v) is 0. The molecule has 0 atom stereocenters. The molecule has 0 fully saturated rings. The van der Waals surface area contributed by atoms with Crippen molar-refractivity contribution in [3.8, 4) is 0 Å². The topological polar surface area (TPSA) is 26.0 Å². The van der Waals surface area contributed by atoms with Crippen LogP contribution >= 0.6 is 23.1 Å². The first-order valence-electron chi connectivity index (χ1n) is 1.61. The van der Waals surface area contributed by atoms with Crippen molar-refractivity contribution in [2.75, 3.05) is 12.5 Å². The van der Waals surface area contributed by atoms with Gasteiger partial charge in [0.15, 0.2) is 0 Å². The van der Waals surface area contributed by atoms with Gasteiger partial charge < -0.3 is 5.73 Å². The third-order valence-corrected chi connectivity index (χ3v) is 2.42. The zero-order chi connectivity index (χ0) is 5.15. The summed E-state index contributed by atoms with van der Waals surface area (Å²) in [4.78, 5) is 0. The van der Waals surface area contributed by atoms with Gasteiger partial charge in [-0.15, -0.1) is 0 Å². The second-order valence-electron chi connectivity index (χ2n) is 1.23. The minimum absolute atomic E-state index is 0. The maximum absolute atomic E-state index is 5.20. The molecule has 0 aliphatic heterocycles. The van der Waals surface area contributed by atoms with Crippen LogP contribution in [0.3, 0.4) is 0 Å². The fourth-order valence-electron chi connectivity index (χ4n) is 0. The molecule has 0 unspecified atom stereocenters. The molecule has 0 radical (unpaired) electrons. The second-order valence-corrected chi connectivity index (χ2v) is 4.25. The molecule has 0 aromatic heterocycles. The average molecular weight is 163 g/mol. The van der Waals surface area contributed by atoms with E-state index in [0.29, 0.717) is 4.32 Å². The van der Waals surface area contributed by atoms with Crippen LogP contribution in [0, 0.1) is 0 Å². The summed E-state index contributed by atoms with van der Waals surface area (Å²) in [6, 6.07) is 0. The van der Waals surface area contributed by atoms with Gasteiger partial charge in [0.2, 0.25) is 0 Å². The molecule has 0 aliphatic rings. The van der Waals surface area contributed by atoms with Gasteiger partial charge in [-0.1, -0.05) is 12.2 Å². The van der Waals surface area contributed by atoms with E-state index in [-0.39, 0.29) is 62.3 Å². The van der Waals surface area contributed by atoms with Crippen LogP contribution in [0.2, 0.25) is 0 Å². The van der Waals surface area contributed by atoms with Crippen molar-refractivity contribution in [2.45, 2.75) is 0 Å². The molecular weight excluding hydrogens is 153 g/mol. The summed E-state index contributed by atoms with van der Waals surface area (Å²) in [6.07, 6.45) is 4.08. The van der Waals surface area contributed by atoms with Crippen molar-refractivity contribution in [2.24, 2.45) is 5.73 Å². The second kappa shape index (κ2) is 6.00. The first-order chi connectivity index (χ1) is 2.64. The maximum atomic E-state index is 5.20. The van der Waals surface area contributed by atoms with Gasteiger partial charge in [-0.05, 0) is 12.5 Å². The summed E-state index contributed by atoms with van der Waals surface area (Å²) >= 11 is 4.63. The Labute approximate surface area is 95.2 Å². The van der Waals surface area contributed by atoms with E-state index in [0.717, 1.165) is 0 Å². The SMILES string of the molecule is C[SH](C)C(N)=S.[KH]. The average Bonchev–Trinajstić information content (AvgIpc) is 1.36. The fraction of sp³-hybridized carbons (Fsp3) is 0.667. The molecule has 0 bridgehead atoms. The zero-order valence-electron chi connectivity index (χ0n) is 3.93. The first kappa shape index (κ1) is 11.6. The van der Waals surface area contributed by atoms with Crippen LogP contribution in [0.1, 0.15) is 0 Å². The normalized spacial score (nSPS) is 9.14. The van der Waals surface area contributed by atoms with Gasteiger partial charge >= 0.3 is 51.4 Å². The van der Waals surface area contributed by atoms with Crippen molar-refractivity contribution >= 4 is 78.8 Å². The summed E-state index contributed by atoms with van der Waals surface area (Å²) in [5.74, 6) is 0. The van der Waals surface area contributed by atoms with Gasteiger partial charge in [-0.3, -0.25) is 0 Å². The van der Waals surface area contributed by atoms with Crippen LogP contribution < -0.4 is 5.73 Å². The quantitative estimate of drug-likeness (QED) is 0.295. The molecular formula is C3H10KNS2. The number of thiol groups is 1. The van der Waals surface area contributed by atoms with E-state index in [1.165, 1.54) is 0 Å². The van der Waals surface area contributed by atoms with E-state index in [2.05, 4.69) is 12.2 Å². The monoisotopic (exact) mass is 163 g/mol. The zero-order valence-corrected chi connectivity index (χ0v) is 5.64. The molecule has 0 heterocycles.